The first-order valence-corrected chi connectivity index (χ1v) is 6.57. The fraction of sp³-hybridized carbons (Fsp3) is 0.333. The first kappa shape index (κ1) is 12.9. The van der Waals surface area contributed by atoms with Gasteiger partial charge in [-0.15, -0.1) is 0 Å². The Labute approximate surface area is 115 Å². The summed E-state index contributed by atoms with van der Waals surface area (Å²) in [6, 6.07) is 7.15. The van der Waals surface area contributed by atoms with Crippen molar-refractivity contribution in [3.8, 4) is 0 Å². The number of nitrogens with zero attached hydrogens (tertiary/aromatic N) is 1. The summed E-state index contributed by atoms with van der Waals surface area (Å²) in [7, 11) is 0. The molecule has 0 saturated carbocycles. The van der Waals surface area contributed by atoms with Crippen molar-refractivity contribution >= 4 is 16.9 Å². The van der Waals surface area contributed by atoms with E-state index in [9.17, 15) is 14.7 Å². The highest BCUT2D eigenvalue weighted by atomic mass is 16.4. The Morgan fingerprint density at radius 3 is 2.85 bits per heavy atom. The van der Waals surface area contributed by atoms with E-state index in [0.29, 0.717) is 24.1 Å². The quantitative estimate of drug-likeness (QED) is 0.795. The summed E-state index contributed by atoms with van der Waals surface area (Å²) in [6.07, 6.45) is 0.0377. The molecule has 0 spiro atoms. The second-order valence-corrected chi connectivity index (χ2v) is 5.08. The number of para-hydroxylation sites is 1. The molecule has 5 nitrogen and oxygen atoms in total. The molecular weight excluding hydrogens is 258 g/mol. The number of amides is 1. The Hall–Kier alpha value is -2.14. The number of rotatable bonds is 1. The third-order valence-corrected chi connectivity index (χ3v) is 3.74. The zero-order valence-electron chi connectivity index (χ0n) is 11.1. The lowest BCUT2D eigenvalue weighted by molar-refractivity contribution is 0.0760. The fourth-order valence-corrected chi connectivity index (χ4v) is 2.64. The van der Waals surface area contributed by atoms with Gasteiger partial charge in [0.25, 0.3) is 5.91 Å². The van der Waals surface area contributed by atoms with Crippen molar-refractivity contribution in [3.63, 3.8) is 0 Å². The summed E-state index contributed by atoms with van der Waals surface area (Å²) in [5.74, 6) is -0.362. The highest BCUT2D eigenvalue weighted by molar-refractivity contribution is 5.99. The number of hydrogen-bond donors (Lipinski definition) is 1. The maximum atomic E-state index is 12.4. The highest BCUT2D eigenvalue weighted by Gasteiger charge is 2.29. The molecule has 0 radical (unpaired) electrons. The summed E-state index contributed by atoms with van der Waals surface area (Å²) < 4.78 is 5.22. The Morgan fingerprint density at radius 1 is 1.40 bits per heavy atom. The largest absolute Gasteiger partial charge is 0.422 e. The number of aliphatic hydroxyl groups excluding tert-OH is 1. The first-order chi connectivity index (χ1) is 9.58. The smallest absolute Gasteiger partial charge is 0.349 e. The Balaban J connectivity index is 2.12. The van der Waals surface area contributed by atoms with Gasteiger partial charge in [0.1, 0.15) is 11.1 Å². The Bertz CT molecular complexity index is 734. The summed E-state index contributed by atoms with van der Waals surface area (Å²) in [6.45, 7) is 2.48. The number of β-amino-alcohol motifs (C(OH)–C–C–N with tert-alkyl or cyclic N) is 1. The molecule has 0 aliphatic carbocycles. The van der Waals surface area contributed by atoms with Crippen LogP contribution in [0.25, 0.3) is 11.0 Å². The normalized spacial score (nSPS) is 18.7. The van der Waals surface area contributed by atoms with E-state index >= 15 is 0 Å². The minimum absolute atomic E-state index is 0.0674. The van der Waals surface area contributed by atoms with Crippen LogP contribution in [0.1, 0.15) is 22.3 Å². The lowest BCUT2D eigenvalue weighted by Crippen LogP contribution is -2.33. The number of carbonyl (C=O) groups is 1. The summed E-state index contributed by atoms with van der Waals surface area (Å²) >= 11 is 0. The molecule has 2 aromatic rings. The van der Waals surface area contributed by atoms with Gasteiger partial charge in [0, 0.05) is 18.5 Å². The number of benzene rings is 1. The molecule has 1 aliphatic heterocycles. The highest BCUT2D eigenvalue weighted by Crippen LogP contribution is 2.21. The van der Waals surface area contributed by atoms with Crippen LogP contribution in [0.4, 0.5) is 0 Å². The summed E-state index contributed by atoms with van der Waals surface area (Å²) in [5.41, 5.74) is 0.557. The third-order valence-electron chi connectivity index (χ3n) is 3.74. The number of hydrogen-bond acceptors (Lipinski definition) is 4. The zero-order chi connectivity index (χ0) is 14.3. The van der Waals surface area contributed by atoms with Crippen LogP contribution in [-0.2, 0) is 0 Å². The van der Waals surface area contributed by atoms with Crippen molar-refractivity contribution in [1.29, 1.82) is 0 Å². The molecule has 1 saturated heterocycles. The Kier molecular flexibility index (Phi) is 3.06. The molecule has 20 heavy (non-hydrogen) atoms. The maximum absolute atomic E-state index is 12.4. The minimum Gasteiger partial charge on any atom is -0.422 e. The van der Waals surface area contributed by atoms with E-state index in [0.717, 1.165) is 5.39 Å². The van der Waals surface area contributed by atoms with E-state index in [1.165, 1.54) is 4.90 Å². The van der Waals surface area contributed by atoms with Gasteiger partial charge >= 0.3 is 5.63 Å². The predicted molar refractivity (Wildman–Crippen MR) is 73.7 cm³/mol. The fourth-order valence-electron chi connectivity index (χ4n) is 2.64. The molecule has 1 fully saturated rings. The molecular formula is C15H15NO4. The third kappa shape index (κ3) is 2.00. The maximum Gasteiger partial charge on any atom is 0.349 e. The van der Waals surface area contributed by atoms with Gasteiger partial charge in [-0.25, -0.2) is 4.79 Å². The van der Waals surface area contributed by atoms with Gasteiger partial charge in [0.2, 0.25) is 0 Å². The molecule has 1 atom stereocenters. The van der Waals surface area contributed by atoms with Crippen LogP contribution >= 0.6 is 0 Å². The van der Waals surface area contributed by atoms with Crippen LogP contribution in [0, 0.1) is 6.92 Å². The molecule has 1 aliphatic rings. The van der Waals surface area contributed by atoms with Crippen molar-refractivity contribution in [3.05, 3.63) is 45.8 Å². The second kappa shape index (κ2) is 4.76. The molecule has 0 unspecified atom stereocenters. The topological polar surface area (TPSA) is 70.8 Å². The SMILES string of the molecule is Cc1c(C(=O)N2CC[C@@H](O)C2)c(=O)oc2ccccc12. The number of aliphatic hydroxyl groups is 1. The molecule has 2 heterocycles. The van der Waals surface area contributed by atoms with Gasteiger partial charge in [-0.1, -0.05) is 18.2 Å². The lowest BCUT2D eigenvalue weighted by Gasteiger charge is -2.16. The van der Waals surface area contributed by atoms with Crippen LogP contribution in [0.5, 0.6) is 0 Å². The molecule has 1 aromatic carbocycles. The van der Waals surface area contributed by atoms with Gasteiger partial charge in [0.15, 0.2) is 0 Å². The van der Waals surface area contributed by atoms with E-state index in [2.05, 4.69) is 0 Å². The van der Waals surface area contributed by atoms with Crippen LogP contribution in [0.15, 0.2) is 33.5 Å². The average molecular weight is 273 g/mol. The van der Waals surface area contributed by atoms with Gasteiger partial charge in [0.05, 0.1) is 6.10 Å². The van der Waals surface area contributed by atoms with E-state index in [-0.39, 0.29) is 18.0 Å². The van der Waals surface area contributed by atoms with Crippen LogP contribution < -0.4 is 5.63 Å². The minimum atomic E-state index is -0.618. The molecule has 5 heteroatoms. The monoisotopic (exact) mass is 273 g/mol. The van der Waals surface area contributed by atoms with Crippen LogP contribution in [0.2, 0.25) is 0 Å². The van der Waals surface area contributed by atoms with Gasteiger partial charge in [-0.3, -0.25) is 4.79 Å². The first-order valence-electron chi connectivity index (χ1n) is 6.57. The number of aryl methyl sites for hydroxylation is 1. The van der Waals surface area contributed by atoms with E-state index < -0.39 is 11.7 Å². The number of fused-ring (bicyclic) bond motifs is 1. The second-order valence-electron chi connectivity index (χ2n) is 5.08. The molecule has 1 amide bonds. The molecule has 104 valence electrons. The van der Waals surface area contributed by atoms with Gasteiger partial charge < -0.3 is 14.4 Å². The average Bonchev–Trinajstić information content (AvgIpc) is 2.85. The van der Waals surface area contributed by atoms with E-state index in [1.54, 1.807) is 19.1 Å². The van der Waals surface area contributed by atoms with Crippen molar-refractivity contribution in [2.24, 2.45) is 0 Å². The summed E-state index contributed by atoms with van der Waals surface area (Å²) in [4.78, 5) is 26.0. The van der Waals surface area contributed by atoms with Crippen LogP contribution in [-0.4, -0.2) is 35.1 Å². The van der Waals surface area contributed by atoms with Gasteiger partial charge in [-0.2, -0.15) is 0 Å². The van der Waals surface area contributed by atoms with Crippen molar-refractivity contribution in [2.45, 2.75) is 19.4 Å². The molecule has 0 bridgehead atoms. The van der Waals surface area contributed by atoms with Crippen LogP contribution in [0.3, 0.4) is 0 Å². The number of likely N-dealkylation sites (tertiary alicyclic amines) is 1. The molecule has 1 N–H and O–H groups in total. The predicted octanol–water partition coefficient (Wildman–Crippen LogP) is 1.31. The van der Waals surface area contributed by atoms with Crippen molar-refractivity contribution in [1.82, 2.24) is 4.90 Å². The lowest BCUT2D eigenvalue weighted by atomic mass is 10.1. The standard InChI is InChI=1S/C15H15NO4/c1-9-11-4-2-3-5-12(11)20-15(19)13(9)14(18)16-7-6-10(17)8-16/h2-5,10,17H,6-8H2,1H3/t10-/m1/s1. The summed E-state index contributed by atoms with van der Waals surface area (Å²) in [5, 5.41) is 10.3. The van der Waals surface area contributed by atoms with E-state index in [1.807, 2.05) is 12.1 Å². The van der Waals surface area contributed by atoms with E-state index in [4.69, 9.17) is 4.42 Å². The van der Waals surface area contributed by atoms with Crippen molar-refractivity contribution < 1.29 is 14.3 Å². The Morgan fingerprint density at radius 2 is 2.15 bits per heavy atom. The molecule has 3 rings (SSSR count). The number of carbonyl (C=O) groups excluding carboxylic acids is 1. The van der Waals surface area contributed by atoms with Gasteiger partial charge in [-0.05, 0) is 25.0 Å². The van der Waals surface area contributed by atoms with Crippen molar-refractivity contribution in [2.75, 3.05) is 13.1 Å². The zero-order valence-corrected chi connectivity index (χ0v) is 11.1. The molecule has 1 aromatic heterocycles.